The van der Waals surface area contributed by atoms with E-state index in [-0.39, 0.29) is 16.9 Å². The third-order valence-corrected chi connectivity index (χ3v) is 6.42. The lowest BCUT2D eigenvalue weighted by Crippen LogP contribution is -2.17. The third kappa shape index (κ3) is 5.70. The Morgan fingerprint density at radius 3 is 2.36 bits per heavy atom. The Morgan fingerprint density at radius 1 is 1.00 bits per heavy atom. The normalized spacial score (nSPS) is 11.5. The topological polar surface area (TPSA) is 169 Å². The standard InChI is InChI=1S/C23H22N4O8S/c1-14(17-10-9-16(34-2)13-21(17)35-3)24-25-20-11-8-15(27(30)31)12-22(20)36(32,33)26-19-7-5-4-6-18(19)23(28)29/h4-13,25-26H,1-3H3,(H,28,29). The number of hydrogen-bond donors (Lipinski definition) is 3. The number of methoxy groups -OCH3 is 2. The predicted molar refractivity (Wildman–Crippen MR) is 133 cm³/mol. The van der Waals surface area contributed by atoms with Gasteiger partial charge in [-0.3, -0.25) is 20.3 Å². The number of benzene rings is 3. The number of hydrogen-bond acceptors (Lipinski definition) is 9. The average Bonchev–Trinajstić information content (AvgIpc) is 2.86. The van der Waals surface area contributed by atoms with E-state index in [4.69, 9.17) is 9.47 Å². The summed E-state index contributed by atoms with van der Waals surface area (Å²) >= 11 is 0. The Hall–Kier alpha value is -4.65. The fourth-order valence-electron chi connectivity index (χ4n) is 3.20. The summed E-state index contributed by atoms with van der Waals surface area (Å²) in [6, 6.07) is 13.6. The van der Waals surface area contributed by atoms with E-state index in [1.54, 1.807) is 25.1 Å². The molecule has 13 heteroatoms. The molecule has 12 nitrogen and oxygen atoms in total. The number of nitrogens with zero attached hydrogens (tertiary/aromatic N) is 2. The number of nitrogens with one attached hydrogen (secondary N) is 2. The van der Waals surface area contributed by atoms with Crippen LogP contribution in [0.4, 0.5) is 17.1 Å². The van der Waals surface area contributed by atoms with Crippen molar-refractivity contribution < 1.29 is 32.7 Å². The number of non-ortho nitro benzene ring substituents is 1. The van der Waals surface area contributed by atoms with Crippen molar-refractivity contribution in [2.24, 2.45) is 5.10 Å². The van der Waals surface area contributed by atoms with Crippen molar-refractivity contribution in [1.29, 1.82) is 0 Å². The van der Waals surface area contributed by atoms with E-state index in [0.29, 0.717) is 22.8 Å². The number of ether oxygens (including phenoxy) is 2. The van der Waals surface area contributed by atoms with Crippen molar-refractivity contribution in [3.63, 3.8) is 0 Å². The van der Waals surface area contributed by atoms with Crippen molar-refractivity contribution in [1.82, 2.24) is 0 Å². The quantitative estimate of drug-likeness (QED) is 0.206. The van der Waals surface area contributed by atoms with Crippen molar-refractivity contribution in [2.75, 3.05) is 24.4 Å². The smallest absolute Gasteiger partial charge is 0.337 e. The summed E-state index contributed by atoms with van der Waals surface area (Å²) < 4.78 is 39.1. The summed E-state index contributed by atoms with van der Waals surface area (Å²) in [7, 11) is -1.50. The summed E-state index contributed by atoms with van der Waals surface area (Å²) in [6.45, 7) is 1.65. The van der Waals surface area contributed by atoms with Gasteiger partial charge < -0.3 is 14.6 Å². The van der Waals surface area contributed by atoms with E-state index in [1.807, 2.05) is 0 Å². The van der Waals surface area contributed by atoms with Crippen molar-refractivity contribution in [2.45, 2.75) is 11.8 Å². The molecule has 0 unspecified atom stereocenters. The van der Waals surface area contributed by atoms with Crippen LogP contribution in [-0.2, 0) is 10.0 Å². The van der Waals surface area contributed by atoms with Crippen molar-refractivity contribution in [3.8, 4) is 11.5 Å². The lowest BCUT2D eigenvalue weighted by molar-refractivity contribution is -0.385. The van der Waals surface area contributed by atoms with E-state index in [9.17, 15) is 28.4 Å². The van der Waals surface area contributed by atoms with Crippen LogP contribution in [-0.4, -0.2) is 44.3 Å². The molecule has 3 N–H and O–H groups in total. The van der Waals surface area contributed by atoms with Gasteiger partial charge in [0.2, 0.25) is 0 Å². The molecule has 0 fully saturated rings. The van der Waals surface area contributed by atoms with E-state index in [2.05, 4.69) is 15.2 Å². The zero-order valence-corrected chi connectivity index (χ0v) is 20.2. The number of hydrazone groups is 1. The van der Waals surface area contributed by atoms with Crippen LogP contribution in [0.15, 0.2) is 70.7 Å². The van der Waals surface area contributed by atoms with Gasteiger partial charge in [0.15, 0.2) is 0 Å². The number of para-hydroxylation sites is 1. The molecule has 0 aliphatic carbocycles. The fraction of sp³-hybridized carbons (Fsp3) is 0.130. The van der Waals surface area contributed by atoms with Crippen LogP contribution in [0, 0.1) is 10.1 Å². The minimum atomic E-state index is -4.48. The SMILES string of the molecule is COc1ccc(C(C)=NNc2ccc([N+](=O)[O-])cc2S(=O)(=O)Nc2ccccc2C(=O)O)c(OC)c1. The maximum absolute atomic E-state index is 13.2. The molecule has 0 amide bonds. The molecule has 0 radical (unpaired) electrons. The van der Waals surface area contributed by atoms with Crippen LogP contribution < -0.4 is 19.6 Å². The molecule has 0 spiro atoms. The molecule has 3 aromatic rings. The van der Waals surface area contributed by atoms with Crippen LogP contribution in [0.5, 0.6) is 11.5 Å². The Kier molecular flexibility index (Phi) is 7.74. The highest BCUT2D eigenvalue weighted by Crippen LogP contribution is 2.30. The van der Waals surface area contributed by atoms with Crippen LogP contribution in [0.3, 0.4) is 0 Å². The lowest BCUT2D eigenvalue weighted by Gasteiger charge is -2.14. The maximum atomic E-state index is 13.2. The molecule has 0 bridgehead atoms. The zero-order chi connectivity index (χ0) is 26.5. The summed E-state index contributed by atoms with van der Waals surface area (Å²) in [5, 5.41) is 24.9. The molecule has 0 aliphatic heterocycles. The van der Waals surface area contributed by atoms with E-state index < -0.39 is 31.5 Å². The molecular weight excluding hydrogens is 492 g/mol. The molecule has 0 aromatic heterocycles. The van der Waals surface area contributed by atoms with Crippen molar-refractivity contribution in [3.05, 3.63) is 81.9 Å². The number of aromatic carboxylic acids is 1. The van der Waals surface area contributed by atoms with Gasteiger partial charge in [-0.1, -0.05) is 12.1 Å². The molecule has 36 heavy (non-hydrogen) atoms. The predicted octanol–water partition coefficient (Wildman–Crippen LogP) is 3.95. The minimum absolute atomic E-state index is 0.0762. The first-order chi connectivity index (χ1) is 17.1. The van der Waals surface area contributed by atoms with Crippen LogP contribution in [0.1, 0.15) is 22.8 Å². The van der Waals surface area contributed by atoms with Gasteiger partial charge in [0.1, 0.15) is 16.4 Å². The van der Waals surface area contributed by atoms with E-state index >= 15 is 0 Å². The van der Waals surface area contributed by atoms with E-state index in [1.165, 1.54) is 44.6 Å². The monoisotopic (exact) mass is 514 g/mol. The summed E-state index contributed by atoms with van der Waals surface area (Å²) in [5.41, 5.74) is 2.58. The Morgan fingerprint density at radius 2 is 1.72 bits per heavy atom. The maximum Gasteiger partial charge on any atom is 0.337 e. The second-order valence-corrected chi connectivity index (χ2v) is 8.92. The number of nitro benzene ring substituents is 1. The number of carbonyl (C=O) groups is 1. The average molecular weight is 515 g/mol. The van der Waals surface area contributed by atoms with Gasteiger partial charge in [0.05, 0.1) is 41.8 Å². The molecule has 0 atom stereocenters. The minimum Gasteiger partial charge on any atom is -0.497 e. The highest BCUT2D eigenvalue weighted by atomic mass is 32.2. The number of anilines is 2. The zero-order valence-electron chi connectivity index (χ0n) is 19.4. The first-order valence-electron chi connectivity index (χ1n) is 10.2. The van der Waals surface area contributed by atoms with Gasteiger partial charge in [-0.2, -0.15) is 5.10 Å². The summed E-state index contributed by atoms with van der Waals surface area (Å²) in [4.78, 5) is 21.5. The summed E-state index contributed by atoms with van der Waals surface area (Å²) in [5.74, 6) is -0.326. The Labute approximate surface area is 206 Å². The number of sulfonamides is 1. The Bertz CT molecular complexity index is 1450. The van der Waals surface area contributed by atoms with Crippen molar-refractivity contribution >= 4 is 38.8 Å². The van der Waals surface area contributed by atoms with Crippen LogP contribution in [0.2, 0.25) is 0 Å². The lowest BCUT2D eigenvalue weighted by atomic mass is 10.1. The highest BCUT2D eigenvalue weighted by molar-refractivity contribution is 7.93. The van der Waals surface area contributed by atoms with Gasteiger partial charge in [0, 0.05) is 23.8 Å². The molecule has 0 heterocycles. The third-order valence-electron chi connectivity index (χ3n) is 5.01. The number of carboxylic acids is 1. The number of rotatable bonds is 10. The fourth-order valence-corrected chi connectivity index (χ4v) is 4.46. The van der Waals surface area contributed by atoms with Gasteiger partial charge in [-0.15, -0.1) is 0 Å². The molecule has 0 saturated carbocycles. The molecule has 0 saturated heterocycles. The van der Waals surface area contributed by atoms with Crippen LogP contribution in [0.25, 0.3) is 0 Å². The molecular formula is C23H22N4O8S. The second kappa shape index (κ2) is 10.7. The largest absolute Gasteiger partial charge is 0.497 e. The molecule has 188 valence electrons. The van der Waals surface area contributed by atoms with Gasteiger partial charge >= 0.3 is 5.97 Å². The van der Waals surface area contributed by atoms with Gasteiger partial charge in [0.25, 0.3) is 15.7 Å². The molecule has 0 aliphatic rings. The number of nitro groups is 1. The van der Waals surface area contributed by atoms with Gasteiger partial charge in [-0.05, 0) is 37.3 Å². The van der Waals surface area contributed by atoms with E-state index in [0.717, 1.165) is 12.1 Å². The summed E-state index contributed by atoms with van der Waals surface area (Å²) in [6.07, 6.45) is 0. The number of carboxylic acid groups (broad SMARTS) is 1. The molecule has 3 aromatic carbocycles. The van der Waals surface area contributed by atoms with Gasteiger partial charge in [-0.25, -0.2) is 13.2 Å². The first kappa shape index (κ1) is 26.0. The second-order valence-electron chi connectivity index (χ2n) is 7.27. The first-order valence-corrected chi connectivity index (χ1v) is 11.7. The highest BCUT2D eigenvalue weighted by Gasteiger charge is 2.24. The molecule has 3 rings (SSSR count). The van der Waals surface area contributed by atoms with Crippen LogP contribution >= 0.6 is 0 Å². The Balaban J connectivity index is 2.03.